The molecule has 0 aromatic heterocycles. The maximum absolute atomic E-state index is 14.1. The number of aromatic hydroxyl groups is 1. The molecule has 0 spiro atoms. The molecule has 0 unspecified atom stereocenters. The van der Waals surface area contributed by atoms with Gasteiger partial charge >= 0.3 is 5.97 Å². The van der Waals surface area contributed by atoms with E-state index in [2.05, 4.69) is 5.32 Å². The Balaban J connectivity index is 1.27. The molecule has 13 nitrogen and oxygen atoms in total. The van der Waals surface area contributed by atoms with Gasteiger partial charge in [-0.3, -0.25) is 28.9 Å². The lowest BCUT2D eigenvalue weighted by molar-refractivity contribution is -0.155. The number of nitrogens with zero attached hydrogens (tertiary/aromatic N) is 1. The number of amides is 2. The number of carbonyl (C=O) groups excluding carboxylic acids is 5. The Morgan fingerprint density at radius 1 is 1.04 bits per heavy atom. The number of piperidine rings is 1. The molecule has 264 valence electrons. The zero-order valence-electron chi connectivity index (χ0n) is 28.1. The quantitative estimate of drug-likeness (QED) is 0.184. The van der Waals surface area contributed by atoms with Crippen LogP contribution in [0.5, 0.6) is 5.75 Å². The second-order valence-electron chi connectivity index (χ2n) is 14.0. The molecule has 2 amide bonds. The molecule has 0 radical (unpaired) electrons. The van der Waals surface area contributed by atoms with Crippen LogP contribution in [0.4, 0.5) is 5.69 Å². The number of ketones is 2. The summed E-state index contributed by atoms with van der Waals surface area (Å²) in [6.07, 6.45) is 1.43. The molecule has 4 atom stereocenters. The number of phenols is 1. The van der Waals surface area contributed by atoms with E-state index in [1.54, 1.807) is 44.2 Å². The van der Waals surface area contributed by atoms with Crippen molar-refractivity contribution < 1.29 is 49.1 Å². The van der Waals surface area contributed by atoms with Gasteiger partial charge in [-0.25, -0.2) is 0 Å². The second-order valence-corrected chi connectivity index (χ2v) is 14.0. The first-order valence-corrected chi connectivity index (χ1v) is 16.7. The number of ether oxygens (including phenoxy) is 1. The summed E-state index contributed by atoms with van der Waals surface area (Å²) in [7, 11) is 1.37. The molecule has 2 aromatic rings. The summed E-state index contributed by atoms with van der Waals surface area (Å²) >= 11 is 0. The number of aliphatic hydroxyl groups is 3. The highest BCUT2D eigenvalue weighted by molar-refractivity contribution is 6.23. The topological polar surface area (TPSA) is 217 Å². The maximum atomic E-state index is 14.1. The predicted octanol–water partition coefficient (Wildman–Crippen LogP) is 2.80. The predicted molar refractivity (Wildman–Crippen MR) is 180 cm³/mol. The number of primary amides is 1. The number of phenolic OH excluding ortho intramolecular Hbond substituents is 1. The van der Waals surface area contributed by atoms with E-state index in [0.717, 1.165) is 0 Å². The Labute approximate surface area is 288 Å². The van der Waals surface area contributed by atoms with Gasteiger partial charge in [-0.05, 0) is 85.5 Å². The van der Waals surface area contributed by atoms with Crippen LogP contribution in [0, 0.1) is 29.6 Å². The number of carbonyl (C=O) groups is 5. The lowest BCUT2D eigenvalue weighted by Gasteiger charge is -2.50. The number of hydrogen-bond donors (Lipinski definition) is 6. The van der Waals surface area contributed by atoms with Gasteiger partial charge in [0.2, 0.25) is 11.7 Å². The minimum absolute atomic E-state index is 0.00314. The molecule has 3 aliphatic carbocycles. The van der Waals surface area contributed by atoms with Gasteiger partial charge in [0.25, 0.3) is 5.91 Å². The van der Waals surface area contributed by atoms with Crippen LogP contribution in [-0.4, -0.2) is 87.0 Å². The molecule has 0 bridgehead atoms. The highest BCUT2D eigenvalue weighted by Gasteiger charge is 2.64. The number of aliphatic hydroxyl groups excluding tert-OH is 2. The number of Topliss-reactive ketones (excluding diaryl/α,β-unsaturated/α-hetero) is 2. The van der Waals surface area contributed by atoms with E-state index in [-0.39, 0.29) is 54.1 Å². The fourth-order valence-corrected chi connectivity index (χ4v) is 8.39. The van der Waals surface area contributed by atoms with Crippen LogP contribution >= 0.6 is 0 Å². The molecule has 6 rings (SSSR count). The highest BCUT2D eigenvalue weighted by Crippen LogP contribution is 2.55. The van der Waals surface area contributed by atoms with Crippen molar-refractivity contribution in [1.82, 2.24) is 4.90 Å². The number of benzene rings is 2. The molecule has 1 saturated heterocycles. The van der Waals surface area contributed by atoms with Gasteiger partial charge in [-0.15, -0.1) is 0 Å². The van der Waals surface area contributed by atoms with Crippen molar-refractivity contribution in [3.05, 3.63) is 64.4 Å². The van der Waals surface area contributed by atoms with Crippen molar-refractivity contribution >= 4 is 40.8 Å². The molecule has 1 heterocycles. The van der Waals surface area contributed by atoms with E-state index in [1.165, 1.54) is 13.2 Å². The van der Waals surface area contributed by atoms with Gasteiger partial charge in [-0.2, -0.15) is 0 Å². The average Bonchev–Trinajstić information content (AvgIpc) is 3.06. The van der Waals surface area contributed by atoms with E-state index in [0.29, 0.717) is 48.3 Å². The smallest absolute Gasteiger partial charge is 0.308 e. The number of fused-ring (bicyclic) bond motifs is 3. The third-order valence-corrected chi connectivity index (χ3v) is 10.8. The number of esters is 1. The zero-order valence-corrected chi connectivity index (χ0v) is 28.1. The number of rotatable bonds is 7. The Kier molecular flexibility index (Phi) is 9.08. The number of nitrogens with one attached hydrogen (secondary N) is 1. The number of nitrogens with two attached hydrogens (primary N) is 1. The highest BCUT2D eigenvalue weighted by atomic mass is 16.5. The summed E-state index contributed by atoms with van der Waals surface area (Å²) in [6.45, 7) is 4.81. The van der Waals surface area contributed by atoms with Gasteiger partial charge in [0.15, 0.2) is 11.4 Å². The number of anilines is 1. The standard InChI is InChI=1S/C37H41N3O10/c1-17(2)27-24-15-20-14-23-22(18-4-6-21(7-5-18)39-26(42)16-40-12-10-19(11-13-40)36(48)50-3)8-9-25(41)29(23)32(44)28(20)33(45)37(24,49)34(46)30(31(27)43)35(38)47/h4-9,17,19-20,24,27,41,44,46,49H,10-16H2,1-3H3,(H2,38,47)(H,39,42)/t20-,24-,27-,37-/m0/s1. The monoisotopic (exact) mass is 687 g/mol. The molecule has 1 aliphatic heterocycles. The Bertz CT molecular complexity index is 1850. The minimum Gasteiger partial charge on any atom is -0.508 e. The van der Waals surface area contributed by atoms with Gasteiger partial charge in [-0.1, -0.05) is 32.0 Å². The van der Waals surface area contributed by atoms with Crippen LogP contribution in [0.2, 0.25) is 0 Å². The Hall–Kier alpha value is -5.01. The van der Waals surface area contributed by atoms with Crippen molar-refractivity contribution in [2.75, 3.05) is 32.1 Å². The van der Waals surface area contributed by atoms with E-state index in [9.17, 15) is 44.4 Å². The van der Waals surface area contributed by atoms with Crippen molar-refractivity contribution in [1.29, 1.82) is 0 Å². The molecule has 4 aliphatic rings. The summed E-state index contributed by atoms with van der Waals surface area (Å²) in [6, 6.07) is 10.1. The van der Waals surface area contributed by atoms with Crippen LogP contribution < -0.4 is 11.1 Å². The molecule has 2 fully saturated rings. The summed E-state index contributed by atoms with van der Waals surface area (Å²) in [5.41, 5.74) is 4.18. The summed E-state index contributed by atoms with van der Waals surface area (Å²) in [5, 5.41) is 48.2. The van der Waals surface area contributed by atoms with Crippen LogP contribution in [0.15, 0.2) is 53.3 Å². The first-order valence-electron chi connectivity index (χ1n) is 16.7. The second kappa shape index (κ2) is 13.0. The van der Waals surface area contributed by atoms with Crippen molar-refractivity contribution in [3.8, 4) is 16.9 Å². The van der Waals surface area contributed by atoms with Crippen LogP contribution in [0.1, 0.15) is 44.2 Å². The number of methoxy groups -OCH3 is 1. The number of hydrogen-bond acceptors (Lipinski definition) is 11. The SMILES string of the molecule is COC(=O)C1CCN(CC(=O)Nc2ccc(-c3ccc(O)c4c3C[C@H]3C[C@H]5[C@H](C(C)C)C(=O)C(C(N)=O)=C(O)[C@@]5(O)C(=O)C3=C4O)cc2)CC1. The minimum atomic E-state index is -2.67. The third-order valence-electron chi connectivity index (χ3n) is 10.8. The first kappa shape index (κ1) is 34.8. The van der Waals surface area contributed by atoms with Crippen LogP contribution in [0.3, 0.4) is 0 Å². The molecule has 13 heteroatoms. The van der Waals surface area contributed by atoms with Crippen molar-refractivity contribution in [2.45, 2.75) is 45.1 Å². The van der Waals surface area contributed by atoms with Gasteiger partial charge in [0.05, 0.1) is 25.1 Å². The summed E-state index contributed by atoms with van der Waals surface area (Å²) < 4.78 is 4.83. The molecule has 1 saturated carbocycles. The Morgan fingerprint density at radius 2 is 1.70 bits per heavy atom. The first-order chi connectivity index (χ1) is 23.7. The third kappa shape index (κ3) is 5.63. The van der Waals surface area contributed by atoms with Gasteiger partial charge < -0.3 is 36.2 Å². The van der Waals surface area contributed by atoms with Crippen LogP contribution in [-0.2, 0) is 35.1 Å². The fraction of sp³-hybridized carbons (Fsp3) is 0.432. The van der Waals surface area contributed by atoms with Crippen molar-refractivity contribution in [3.63, 3.8) is 0 Å². The number of likely N-dealkylation sites (tertiary alicyclic amines) is 1. The van der Waals surface area contributed by atoms with E-state index >= 15 is 0 Å². The molecule has 2 aromatic carbocycles. The zero-order chi connectivity index (χ0) is 36.2. The van der Waals surface area contributed by atoms with E-state index < -0.39 is 63.8 Å². The van der Waals surface area contributed by atoms with E-state index in [4.69, 9.17) is 10.5 Å². The average molecular weight is 688 g/mol. The Morgan fingerprint density at radius 3 is 2.30 bits per heavy atom. The molecular weight excluding hydrogens is 646 g/mol. The van der Waals surface area contributed by atoms with Crippen molar-refractivity contribution in [2.24, 2.45) is 35.3 Å². The van der Waals surface area contributed by atoms with Gasteiger partial charge in [0, 0.05) is 23.1 Å². The normalized spacial score (nSPS) is 25.6. The molecular formula is C37H41N3O10. The lowest BCUT2D eigenvalue weighted by atomic mass is 9.54. The molecule has 50 heavy (non-hydrogen) atoms. The van der Waals surface area contributed by atoms with Gasteiger partial charge in [0.1, 0.15) is 22.8 Å². The maximum Gasteiger partial charge on any atom is 0.308 e. The van der Waals surface area contributed by atoms with Crippen LogP contribution in [0.25, 0.3) is 16.9 Å². The van der Waals surface area contributed by atoms with E-state index in [1.807, 2.05) is 4.90 Å². The summed E-state index contributed by atoms with van der Waals surface area (Å²) in [4.78, 5) is 66.3. The largest absolute Gasteiger partial charge is 0.508 e. The lowest BCUT2D eigenvalue weighted by Crippen LogP contribution is -2.62. The summed E-state index contributed by atoms with van der Waals surface area (Å²) in [5.74, 6) is -8.83. The fourth-order valence-electron chi connectivity index (χ4n) is 8.39. The molecule has 7 N–H and O–H groups in total.